The summed E-state index contributed by atoms with van der Waals surface area (Å²) < 4.78 is 18.6. The number of carbonyl (C=O) groups excluding carboxylic acids is 1. The smallest absolute Gasteiger partial charge is 0.245 e. The van der Waals surface area contributed by atoms with Gasteiger partial charge in [-0.25, -0.2) is 10.1 Å². The van der Waals surface area contributed by atoms with E-state index in [0.29, 0.717) is 22.4 Å². The lowest BCUT2D eigenvalue weighted by Crippen LogP contribution is -2.32. The highest BCUT2D eigenvalue weighted by atomic mass is 19.1. The molecule has 6 heteroatoms. The number of methoxy groups -OCH3 is 1. The topological polar surface area (TPSA) is 77.1 Å². The highest BCUT2D eigenvalue weighted by Crippen LogP contribution is 2.33. The van der Waals surface area contributed by atoms with Crippen LogP contribution in [0, 0.1) is 17.1 Å². The lowest BCUT2D eigenvalue weighted by molar-refractivity contribution is -0.132. The molecule has 3 rings (SSSR count). The van der Waals surface area contributed by atoms with E-state index in [1.165, 1.54) is 36.3 Å². The quantitative estimate of drug-likeness (QED) is 0.679. The first-order valence-corrected chi connectivity index (χ1v) is 8.66. The average Bonchev–Trinajstić information content (AvgIpc) is 2.72. The lowest BCUT2D eigenvalue weighted by atomic mass is 9.98. The van der Waals surface area contributed by atoms with Gasteiger partial charge in [0.15, 0.2) is 0 Å². The minimum absolute atomic E-state index is 0.175. The number of fused-ring (bicyclic) bond motifs is 1. The lowest BCUT2D eigenvalue weighted by Gasteiger charge is -2.23. The van der Waals surface area contributed by atoms with Gasteiger partial charge in [0.2, 0.25) is 5.91 Å². The van der Waals surface area contributed by atoms with E-state index < -0.39 is 17.8 Å². The number of benzene rings is 3. The molecule has 0 saturated carbocycles. The average molecular weight is 376 g/mol. The zero-order chi connectivity index (χ0) is 20.3. The van der Waals surface area contributed by atoms with Crippen molar-refractivity contribution in [2.45, 2.75) is 12.6 Å². The van der Waals surface area contributed by atoms with Gasteiger partial charge in [-0.3, -0.25) is 4.79 Å². The highest BCUT2D eigenvalue weighted by molar-refractivity contribution is 5.90. The summed E-state index contributed by atoms with van der Waals surface area (Å²) in [7, 11) is 3.09. The SMILES string of the molecule is COc1c(C#N)cc2ccccc2c1CN(C)C(=O)C([NH])c1ccc(F)cc1. The van der Waals surface area contributed by atoms with Crippen molar-refractivity contribution in [3.63, 3.8) is 0 Å². The Morgan fingerprint density at radius 3 is 2.57 bits per heavy atom. The Balaban J connectivity index is 1.96. The van der Waals surface area contributed by atoms with Crippen molar-refractivity contribution in [1.82, 2.24) is 10.6 Å². The second kappa shape index (κ2) is 8.07. The standard InChI is InChI=1S/C22H19FN3O2/c1-26(22(27)20(25)14-7-9-17(23)10-8-14)13-19-18-6-4-3-5-15(18)11-16(12-24)21(19)28-2/h3-11,20,25H,13H2,1-2H3. The van der Waals surface area contributed by atoms with Gasteiger partial charge in [-0.05, 0) is 34.5 Å². The molecule has 0 fully saturated rings. The Kier molecular flexibility index (Phi) is 5.57. The van der Waals surface area contributed by atoms with Gasteiger partial charge in [0, 0.05) is 19.2 Å². The highest BCUT2D eigenvalue weighted by Gasteiger charge is 2.23. The number of hydrogen-bond acceptors (Lipinski definition) is 3. The fourth-order valence-corrected chi connectivity index (χ4v) is 3.21. The molecule has 1 N–H and O–H groups in total. The van der Waals surface area contributed by atoms with E-state index in [1.54, 1.807) is 13.1 Å². The molecular formula is C22H19FN3O2. The van der Waals surface area contributed by atoms with Gasteiger partial charge in [-0.1, -0.05) is 36.4 Å². The molecule has 1 radical (unpaired) electrons. The zero-order valence-electron chi connectivity index (χ0n) is 15.6. The van der Waals surface area contributed by atoms with Gasteiger partial charge in [-0.2, -0.15) is 5.26 Å². The second-order valence-corrected chi connectivity index (χ2v) is 6.45. The predicted octanol–water partition coefficient (Wildman–Crippen LogP) is 3.84. The Morgan fingerprint density at radius 1 is 1.25 bits per heavy atom. The summed E-state index contributed by atoms with van der Waals surface area (Å²) in [5, 5.41) is 11.2. The molecule has 1 amide bonds. The molecule has 28 heavy (non-hydrogen) atoms. The van der Waals surface area contributed by atoms with Crippen molar-refractivity contribution >= 4 is 16.7 Å². The van der Waals surface area contributed by atoms with Crippen LogP contribution in [-0.2, 0) is 11.3 Å². The summed E-state index contributed by atoms with van der Waals surface area (Å²) in [6.45, 7) is 0.175. The van der Waals surface area contributed by atoms with E-state index in [1.807, 2.05) is 24.3 Å². The van der Waals surface area contributed by atoms with Crippen LogP contribution < -0.4 is 10.5 Å². The Bertz CT molecular complexity index is 1060. The summed E-state index contributed by atoms with van der Waals surface area (Å²) in [5.74, 6) is -0.425. The number of hydrogen-bond donors (Lipinski definition) is 0. The molecule has 0 aliphatic carbocycles. The van der Waals surface area contributed by atoms with E-state index in [-0.39, 0.29) is 6.54 Å². The van der Waals surface area contributed by atoms with Crippen LogP contribution >= 0.6 is 0 Å². The van der Waals surface area contributed by atoms with Crippen molar-refractivity contribution in [1.29, 1.82) is 5.26 Å². The molecular weight excluding hydrogens is 357 g/mol. The van der Waals surface area contributed by atoms with Crippen molar-refractivity contribution < 1.29 is 13.9 Å². The summed E-state index contributed by atoms with van der Waals surface area (Å²) in [6.07, 6.45) is 0. The summed E-state index contributed by atoms with van der Waals surface area (Å²) >= 11 is 0. The van der Waals surface area contributed by atoms with Gasteiger partial charge in [0.1, 0.15) is 23.7 Å². The normalized spacial score (nSPS) is 11.7. The van der Waals surface area contributed by atoms with E-state index in [4.69, 9.17) is 10.5 Å². The third-order valence-electron chi connectivity index (χ3n) is 4.65. The number of carbonyl (C=O) groups is 1. The second-order valence-electron chi connectivity index (χ2n) is 6.45. The van der Waals surface area contributed by atoms with Crippen LogP contribution in [0.4, 0.5) is 4.39 Å². The Hall–Kier alpha value is -3.43. The van der Waals surface area contributed by atoms with E-state index in [9.17, 15) is 14.4 Å². The fourth-order valence-electron chi connectivity index (χ4n) is 3.21. The minimum atomic E-state index is -1.16. The summed E-state index contributed by atoms with van der Waals surface area (Å²) in [5.41, 5.74) is 9.74. The molecule has 0 saturated heterocycles. The monoisotopic (exact) mass is 376 g/mol. The molecule has 1 atom stereocenters. The van der Waals surface area contributed by atoms with Crippen LogP contribution in [-0.4, -0.2) is 25.0 Å². The van der Waals surface area contributed by atoms with E-state index in [0.717, 1.165) is 10.8 Å². The van der Waals surface area contributed by atoms with E-state index in [2.05, 4.69) is 6.07 Å². The van der Waals surface area contributed by atoms with Crippen molar-refractivity contribution in [3.05, 3.63) is 77.1 Å². The van der Waals surface area contributed by atoms with Crippen LogP contribution in [0.2, 0.25) is 0 Å². The van der Waals surface area contributed by atoms with Gasteiger partial charge in [0.05, 0.1) is 12.7 Å². The Morgan fingerprint density at radius 2 is 1.93 bits per heavy atom. The van der Waals surface area contributed by atoms with Crippen molar-refractivity contribution in [2.75, 3.05) is 14.2 Å². The van der Waals surface area contributed by atoms with Gasteiger partial charge in [-0.15, -0.1) is 0 Å². The number of nitrogens with one attached hydrogen (secondary N) is 1. The Labute approximate surface area is 162 Å². The molecule has 3 aromatic rings. The van der Waals surface area contributed by atoms with Gasteiger partial charge in [0.25, 0.3) is 0 Å². The summed E-state index contributed by atoms with van der Waals surface area (Å²) in [4.78, 5) is 14.2. The summed E-state index contributed by atoms with van der Waals surface area (Å²) in [6, 6.07) is 15.6. The van der Waals surface area contributed by atoms with Crippen LogP contribution in [0.1, 0.15) is 22.7 Å². The maximum absolute atomic E-state index is 13.1. The first kappa shape index (κ1) is 19.3. The molecule has 5 nitrogen and oxygen atoms in total. The number of nitriles is 1. The zero-order valence-corrected chi connectivity index (χ0v) is 15.6. The molecule has 141 valence electrons. The number of rotatable bonds is 5. The van der Waals surface area contributed by atoms with Crippen LogP contribution in [0.25, 0.3) is 10.8 Å². The number of halogens is 1. The maximum Gasteiger partial charge on any atom is 0.245 e. The van der Waals surface area contributed by atoms with Crippen molar-refractivity contribution in [2.24, 2.45) is 0 Å². The van der Waals surface area contributed by atoms with E-state index >= 15 is 0 Å². The number of nitrogens with zero attached hydrogens (tertiary/aromatic N) is 2. The maximum atomic E-state index is 13.1. The van der Waals surface area contributed by atoms with Gasteiger partial charge < -0.3 is 9.64 Å². The fraction of sp³-hybridized carbons (Fsp3) is 0.182. The number of ether oxygens (including phenoxy) is 1. The minimum Gasteiger partial charge on any atom is -0.495 e. The predicted molar refractivity (Wildman–Crippen MR) is 104 cm³/mol. The third kappa shape index (κ3) is 3.66. The molecule has 0 spiro atoms. The number of amides is 1. The molecule has 0 heterocycles. The first-order chi connectivity index (χ1) is 13.5. The van der Waals surface area contributed by atoms with Crippen LogP contribution in [0.15, 0.2) is 54.6 Å². The molecule has 0 aliphatic heterocycles. The largest absolute Gasteiger partial charge is 0.495 e. The van der Waals surface area contributed by atoms with Gasteiger partial charge >= 0.3 is 0 Å². The molecule has 0 aromatic heterocycles. The van der Waals surface area contributed by atoms with Crippen LogP contribution in [0.3, 0.4) is 0 Å². The van der Waals surface area contributed by atoms with Crippen LogP contribution in [0.5, 0.6) is 5.75 Å². The first-order valence-electron chi connectivity index (χ1n) is 8.66. The molecule has 0 aliphatic rings. The number of likely N-dealkylation sites (N-methyl/N-ethyl adjacent to an activating group) is 1. The third-order valence-corrected chi connectivity index (χ3v) is 4.65. The molecule has 0 bridgehead atoms. The molecule has 3 aromatic carbocycles. The van der Waals surface area contributed by atoms with Crippen molar-refractivity contribution in [3.8, 4) is 11.8 Å². The molecule has 1 unspecified atom stereocenters.